The lowest BCUT2D eigenvalue weighted by Gasteiger charge is -2.15. The number of H-pyrrole nitrogens is 1. The van der Waals surface area contributed by atoms with Gasteiger partial charge in [0.1, 0.15) is 6.61 Å². The van der Waals surface area contributed by atoms with E-state index in [1.54, 1.807) is 41.3 Å². The summed E-state index contributed by atoms with van der Waals surface area (Å²) in [5.74, 6) is 0.684. The highest BCUT2D eigenvalue weighted by Crippen LogP contribution is 2.39. The molecule has 1 aliphatic rings. The Morgan fingerprint density at radius 2 is 1.75 bits per heavy atom. The first-order chi connectivity index (χ1) is 23.2. The van der Waals surface area contributed by atoms with Crippen LogP contribution < -0.4 is 9.47 Å². The number of benzene rings is 4. The fourth-order valence-electron chi connectivity index (χ4n) is 5.15. The summed E-state index contributed by atoms with van der Waals surface area (Å²) in [6.45, 7) is 0.457. The first-order valence-corrected chi connectivity index (χ1v) is 16.4. The zero-order valence-electron chi connectivity index (χ0n) is 25.3. The number of halogens is 1. The molecule has 0 bridgehead atoms. The van der Waals surface area contributed by atoms with Crippen LogP contribution in [-0.4, -0.2) is 44.5 Å². The molecule has 0 aliphatic carbocycles. The molecule has 0 spiro atoms. The molecular formula is C34H26IN5O7S. The third-order valence-corrected chi connectivity index (χ3v) is 9.32. The number of aromatic amines is 1. The van der Waals surface area contributed by atoms with Gasteiger partial charge in [-0.2, -0.15) is 0 Å². The Morgan fingerprint density at radius 1 is 0.979 bits per heavy atom. The van der Waals surface area contributed by atoms with E-state index in [0.717, 1.165) is 20.0 Å². The maximum Gasteiger partial charge on any atom is 0.269 e. The molecule has 1 amide bonds. The van der Waals surface area contributed by atoms with E-state index in [9.17, 15) is 25.0 Å². The molecule has 0 atom stereocenters. The molecule has 0 radical (unpaired) electrons. The number of amides is 1. The van der Waals surface area contributed by atoms with Gasteiger partial charge in [0.2, 0.25) is 0 Å². The molecule has 12 nitrogen and oxygen atoms in total. The molecule has 1 fully saturated rings. The number of aromatic nitrogens is 1. The number of thioether (sulfide) groups is 1. The Bertz CT molecular complexity index is 2110. The van der Waals surface area contributed by atoms with Gasteiger partial charge in [-0.15, -0.1) is 0 Å². The number of nitrogens with one attached hydrogen (secondary N) is 1. The summed E-state index contributed by atoms with van der Waals surface area (Å²) in [6, 6.07) is 23.7. The second kappa shape index (κ2) is 14.3. The minimum absolute atomic E-state index is 0.0227. The monoisotopic (exact) mass is 775 g/mol. The zero-order chi connectivity index (χ0) is 33.8. The number of hydrogen-bond acceptors (Lipinski definition) is 9. The smallest absolute Gasteiger partial charge is 0.269 e. The van der Waals surface area contributed by atoms with Gasteiger partial charge < -0.3 is 14.5 Å². The number of carbonyl (C=O) groups excluding carboxylic acids is 1. The van der Waals surface area contributed by atoms with Gasteiger partial charge in [0.15, 0.2) is 16.7 Å². The lowest BCUT2D eigenvalue weighted by molar-refractivity contribution is -0.385. The van der Waals surface area contributed by atoms with Crippen LogP contribution in [0.1, 0.15) is 16.7 Å². The number of methoxy groups -OCH3 is 1. The van der Waals surface area contributed by atoms with Crippen LogP contribution in [0.5, 0.6) is 11.5 Å². The molecule has 4 aromatic carbocycles. The van der Waals surface area contributed by atoms with E-state index < -0.39 is 9.85 Å². The van der Waals surface area contributed by atoms with E-state index in [-0.39, 0.29) is 23.9 Å². The van der Waals surface area contributed by atoms with Crippen molar-refractivity contribution in [2.24, 2.45) is 4.99 Å². The molecule has 14 heteroatoms. The van der Waals surface area contributed by atoms with Gasteiger partial charge in [0, 0.05) is 47.9 Å². The topological polar surface area (TPSA) is 153 Å². The van der Waals surface area contributed by atoms with Crippen molar-refractivity contribution < 1.29 is 24.1 Å². The normalized spacial score (nSPS) is 14.6. The lowest BCUT2D eigenvalue weighted by Crippen LogP contribution is -2.31. The fraction of sp³-hybridized carbons (Fsp3) is 0.118. The van der Waals surface area contributed by atoms with Crippen LogP contribution in [0.3, 0.4) is 0 Å². The van der Waals surface area contributed by atoms with Crippen molar-refractivity contribution in [2.75, 3.05) is 13.7 Å². The van der Waals surface area contributed by atoms with Crippen molar-refractivity contribution in [3.8, 4) is 11.5 Å². The molecule has 1 aliphatic heterocycles. The van der Waals surface area contributed by atoms with E-state index in [0.29, 0.717) is 51.4 Å². The average molecular weight is 776 g/mol. The highest BCUT2D eigenvalue weighted by atomic mass is 127. The van der Waals surface area contributed by atoms with Crippen molar-refractivity contribution in [1.82, 2.24) is 9.88 Å². The molecule has 1 N–H and O–H groups in total. The van der Waals surface area contributed by atoms with Crippen LogP contribution >= 0.6 is 34.4 Å². The quantitative estimate of drug-likeness (QED) is 0.0613. The van der Waals surface area contributed by atoms with Crippen molar-refractivity contribution in [3.63, 3.8) is 0 Å². The molecule has 48 heavy (non-hydrogen) atoms. The summed E-state index contributed by atoms with van der Waals surface area (Å²) in [5, 5.41) is 23.9. The number of hydrogen-bond donors (Lipinski definition) is 1. The molecule has 1 aromatic heterocycles. The van der Waals surface area contributed by atoms with Crippen molar-refractivity contribution in [1.29, 1.82) is 0 Å². The lowest BCUT2D eigenvalue weighted by atomic mass is 10.1. The Morgan fingerprint density at radius 3 is 2.50 bits per heavy atom. The Balaban J connectivity index is 1.27. The number of nitrogens with zero attached hydrogens (tertiary/aromatic N) is 4. The number of non-ortho nitro benzene ring substituents is 2. The first-order valence-electron chi connectivity index (χ1n) is 14.5. The molecule has 0 saturated carbocycles. The largest absolute Gasteiger partial charge is 0.493 e. The minimum atomic E-state index is -0.473. The van der Waals surface area contributed by atoms with Gasteiger partial charge in [0.05, 0.1) is 31.1 Å². The average Bonchev–Trinajstić information content (AvgIpc) is 3.62. The molecule has 1 saturated heterocycles. The number of fused-ring (bicyclic) bond motifs is 1. The predicted octanol–water partition coefficient (Wildman–Crippen LogP) is 8.02. The van der Waals surface area contributed by atoms with Gasteiger partial charge in [-0.05, 0) is 93.9 Å². The number of carbonyl (C=O) groups is 1. The fourth-order valence-corrected chi connectivity index (χ4v) is 6.95. The number of nitro benzene ring substituents is 2. The molecule has 242 valence electrons. The highest BCUT2D eigenvalue weighted by Gasteiger charge is 2.33. The summed E-state index contributed by atoms with van der Waals surface area (Å²) in [7, 11) is 1.51. The molecule has 2 heterocycles. The Labute approximate surface area is 291 Å². The van der Waals surface area contributed by atoms with Crippen LogP contribution in [0, 0.1) is 23.8 Å². The summed E-state index contributed by atoms with van der Waals surface area (Å²) >= 11 is 3.34. The number of para-hydroxylation sites is 1. The van der Waals surface area contributed by atoms with Crippen molar-refractivity contribution in [3.05, 3.63) is 137 Å². The van der Waals surface area contributed by atoms with E-state index in [2.05, 4.69) is 27.6 Å². The van der Waals surface area contributed by atoms with E-state index in [1.165, 1.54) is 43.1 Å². The summed E-state index contributed by atoms with van der Waals surface area (Å²) in [5.41, 5.74) is 3.82. The number of amidine groups is 1. The Kier molecular flexibility index (Phi) is 9.72. The Hall–Kier alpha value is -5.22. The minimum Gasteiger partial charge on any atom is -0.493 e. The molecule has 0 unspecified atom stereocenters. The third kappa shape index (κ3) is 7.18. The third-order valence-electron chi connectivity index (χ3n) is 7.51. The van der Waals surface area contributed by atoms with Crippen molar-refractivity contribution in [2.45, 2.75) is 13.0 Å². The maximum atomic E-state index is 13.9. The van der Waals surface area contributed by atoms with Crippen LogP contribution in [0.2, 0.25) is 0 Å². The predicted molar refractivity (Wildman–Crippen MR) is 193 cm³/mol. The van der Waals surface area contributed by atoms with Crippen LogP contribution in [0.4, 0.5) is 17.1 Å². The maximum absolute atomic E-state index is 13.9. The van der Waals surface area contributed by atoms with Gasteiger partial charge in [0.25, 0.3) is 17.3 Å². The van der Waals surface area contributed by atoms with Crippen molar-refractivity contribution >= 4 is 79.5 Å². The van der Waals surface area contributed by atoms with Gasteiger partial charge in [-0.1, -0.05) is 30.3 Å². The highest BCUT2D eigenvalue weighted by molar-refractivity contribution is 14.1. The van der Waals surface area contributed by atoms with Gasteiger partial charge in [-0.3, -0.25) is 29.9 Å². The van der Waals surface area contributed by atoms with Gasteiger partial charge in [-0.25, -0.2) is 4.99 Å². The molecular weight excluding hydrogens is 749 g/mol. The zero-order valence-corrected chi connectivity index (χ0v) is 28.3. The van der Waals surface area contributed by atoms with Crippen LogP contribution in [0.15, 0.2) is 101 Å². The number of aliphatic imine (C=N–C) groups is 1. The first kappa shape index (κ1) is 32.7. The molecule has 6 rings (SSSR count). The van der Waals surface area contributed by atoms with Crippen LogP contribution in [-0.2, 0) is 17.8 Å². The second-order valence-electron chi connectivity index (χ2n) is 10.6. The second-order valence-corrected chi connectivity index (χ2v) is 12.8. The number of ether oxygens (including phenoxy) is 2. The summed E-state index contributed by atoms with van der Waals surface area (Å²) in [6.07, 6.45) is 4.28. The van der Waals surface area contributed by atoms with E-state index in [4.69, 9.17) is 14.5 Å². The summed E-state index contributed by atoms with van der Waals surface area (Å²) in [4.78, 5) is 45.3. The van der Waals surface area contributed by atoms with E-state index >= 15 is 0 Å². The number of nitro groups is 2. The van der Waals surface area contributed by atoms with E-state index in [1.807, 2.05) is 36.5 Å². The standard InChI is InChI=1S/C34H26IN5O7S/c1-46-30-17-22(16-28(35)32(30)47-20-21-5-4-6-26(15-21)40(44)45)18-31-33(41)38(14-13-23-19-36-29-8-3-2-7-27(23)29)34(48-31)37-24-9-11-25(12-10-24)39(42)43/h2-12,15-19,36H,13-14,20H2,1H3/b31-18-,37-34?. The SMILES string of the molecule is COc1cc(/C=C2\SC(=Nc3ccc([N+](=O)[O-])cc3)N(CCc3c[nH]c4ccccc34)C2=O)cc(I)c1OCc1cccc([N+](=O)[O-])c1. The van der Waals surface area contributed by atoms with Gasteiger partial charge >= 0.3 is 0 Å². The number of rotatable bonds is 11. The molecule has 5 aromatic rings. The summed E-state index contributed by atoms with van der Waals surface area (Å²) < 4.78 is 12.4. The van der Waals surface area contributed by atoms with Crippen LogP contribution in [0.25, 0.3) is 17.0 Å².